The van der Waals surface area contributed by atoms with Crippen LogP contribution in [-0.4, -0.2) is 17.6 Å². The van der Waals surface area contributed by atoms with E-state index in [0.717, 1.165) is 0 Å². The van der Waals surface area contributed by atoms with Crippen LogP contribution >= 0.6 is 23.2 Å². The van der Waals surface area contributed by atoms with E-state index in [2.05, 4.69) is 11.9 Å². The minimum atomic E-state index is -0.972. The van der Waals surface area contributed by atoms with E-state index in [4.69, 9.17) is 28.3 Å². The maximum atomic E-state index is 11.0. The van der Waals surface area contributed by atoms with E-state index in [-0.39, 0.29) is 0 Å². The lowest BCUT2D eigenvalue weighted by molar-refractivity contribution is -0.139. The van der Waals surface area contributed by atoms with Gasteiger partial charge in [0.1, 0.15) is 6.04 Å². The number of rotatable bonds is 5. The lowest BCUT2D eigenvalue weighted by Crippen LogP contribution is -2.28. The third-order valence-electron chi connectivity index (χ3n) is 1.99. The molecule has 0 bridgehead atoms. The van der Waals surface area contributed by atoms with E-state index in [0.29, 0.717) is 22.2 Å². The highest BCUT2D eigenvalue weighted by molar-refractivity contribution is 6.42. The fraction of sp³-hybridized carbons (Fsp3) is 0.182. The molecule has 0 aliphatic carbocycles. The molecule has 1 unspecified atom stereocenters. The summed E-state index contributed by atoms with van der Waals surface area (Å²) >= 11 is 11.6. The highest BCUT2D eigenvalue weighted by Gasteiger charge is 2.19. The predicted molar refractivity (Wildman–Crippen MR) is 65.0 cm³/mol. The Bertz CT molecular complexity index is 407. The molecule has 1 atom stereocenters. The second kappa shape index (κ2) is 5.89. The fourth-order valence-electron chi connectivity index (χ4n) is 1.24. The molecule has 0 aromatic heterocycles. The van der Waals surface area contributed by atoms with Gasteiger partial charge in [0.25, 0.3) is 0 Å². The SMILES string of the molecule is C=CCNC(C(=O)O)c1ccc(Cl)c(Cl)c1. The Morgan fingerprint density at radius 1 is 1.50 bits per heavy atom. The van der Waals surface area contributed by atoms with Crippen molar-refractivity contribution in [2.24, 2.45) is 0 Å². The third kappa shape index (κ3) is 3.23. The van der Waals surface area contributed by atoms with Crippen LogP contribution in [0.2, 0.25) is 10.0 Å². The molecule has 1 aromatic rings. The van der Waals surface area contributed by atoms with Crippen LogP contribution in [0.1, 0.15) is 11.6 Å². The molecule has 1 rings (SSSR count). The van der Waals surface area contributed by atoms with Gasteiger partial charge >= 0.3 is 5.97 Å². The molecule has 0 amide bonds. The monoisotopic (exact) mass is 259 g/mol. The second-order valence-electron chi connectivity index (χ2n) is 3.14. The molecule has 0 spiro atoms. The Kier molecular flexibility index (Phi) is 4.80. The number of halogens is 2. The summed E-state index contributed by atoms with van der Waals surface area (Å²) in [7, 11) is 0. The van der Waals surface area contributed by atoms with Gasteiger partial charge in [-0.3, -0.25) is 10.1 Å². The van der Waals surface area contributed by atoms with E-state index < -0.39 is 12.0 Å². The van der Waals surface area contributed by atoms with Gasteiger partial charge in [0.05, 0.1) is 10.0 Å². The third-order valence-corrected chi connectivity index (χ3v) is 2.73. The van der Waals surface area contributed by atoms with Crippen molar-refractivity contribution in [1.82, 2.24) is 5.32 Å². The first-order valence-electron chi connectivity index (χ1n) is 4.58. The van der Waals surface area contributed by atoms with Crippen LogP contribution in [0.3, 0.4) is 0 Å². The summed E-state index contributed by atoms with van der Waals surface area (Å²) < 4.78 is 0. The largest absolute Gasteiger partial charge is 0.480 e. The second-order valence-corrected chi connectivity index (χ2v) is 3.96. The molecule has 3 nitrogen and oxygen atoms in total. The van der Waals surface area contributed by atoms with Crippen molar-refractivity contribution >= 4 is 29.2 Å². The van der Waals surface area contributed by atoms with Crippen LogP contribution in [0.4, 0.5) is 0 Å². The van der Waals surface area contributed by atoms with Gasteiger partial charge in [0, 0.05) is 6.54 Å². The van der Waals surface area contributed by atoms with Gasteiger partial charge in [0.15, 0.2) is 0 Å². The van der Waals surface area contributed by atoms with E-state index >= 15 is 0 Å². The van der Waals surface area contributed by atoms with Crippen molar-refractivity contribution in [2.45, 2.75) is 6.04 Å². The number of carboxylic acids is 1. The fourth-order valence-corrected chi connectivity index (χ4v) is 1.55. The highest BCUT2D eigenvalue weighted by Crippen LogP contribution is 2.25. The number of carbonyl (C=O) groups is 1. The van der Waals surface area contributed by atoms with Crippen molar-refractivity contribution < 1.29 is 9.90 Å². The summed E-state index contributed by atoms with van der Waals surface area (Å²) in [5.74, 6) is -0.972. The molecule has 0 heterocycles. The average molecular weight is 260 g/mol. The van der Waals surface area contributed by atoms with Gasteiger partial charge in [-0.25, -0.2) is 0 Å². The molecule has 0 saturated carbocycles. The molecule has 0 fully saturated rings. The van der Waals surface area contributed by atoms with Gasteiger partial charge in [-0.1, -0.05) is 35.3 Å². The van der Waals surface area contributed by atoms with Crippen LogP contribution in [-0.2, 0) is 4.79 Å². The van der Waals surface area contributed by atoms with Gasteiger partial charge in [-0.2, -0.15) is 0 Å². The van der Waals surface area contributed by atoms with Gasteiger partial charge in [-0.15, -0.1) is 6.58 Å². The number of aliphatic carboxylic acids is 1. The number of nitrogens with one attached hydrogen (secondary N) is 1. The first-order valence-corrected chi connectivity index (χ1v) is 5.34. The summed E-state index contributed by atoms with van der Waals surface area (Å²) in [5.41, 5.74) is 0.559. The molecule has 0 saturated heterocycles. The Balaban J connectivity index is 2.96. The molecule has 2 N–H and O–H groups in total. The average Bonchev–Trinajstić information content (AvgIpc) is 2.23. The van der Waals surface area contributed by atoms with Gasteiger partial charge in [0.2, 0.25) is 0 Å². The topological polar surface area (TPSA) is 49.3 Å². The quantitative estimate of drug-likeness (QED) is 0.800. The zero-order valence-corrected chi connectivity index (χ0v) is 9.92. The van der Waals surface area contributed by atoms with Crippen molar-refractivity contribution in [2.75, 3.05) is 6.54 Å². The summed E-state index contributed by atoms with van der Waals surface area (Å²) in [6.45, 7) is 3.91. The van der Waals surface area contributed by atoms with Crippen LogP contribution in [0.25, 0.3) is 0 Å². The maximum absolute atomic E-state index is 11.0. The van der Waals surface area contributed by atoms with E-state index in [9.17, 15) is 4.79 Å². The number of hydrogen-bond donors (Lipinski definition) is 2. The lowest BCUT2D eigenvalue weighted by atomic mass is 10.1. The van der Waals surface area contributed by atoms with Crippen LogP contribution in [0.15, 0.2) is 30.9 Å². The van der Waals surface area contributed by atoms with Gasteiger partial charge in [-0.05, 0) is 17.7 Å². The standard InChI is InChI=1S/C11H11Cl2NO2/c1-2-5-14-10(11(15)16)7-3-4-8(12)9(13)6-7/h2-4,6,10,14H,1,5H2,(H,15,16). The Labute approximate surface area is 104 Å². The molecular formula is C11H11Cl2NO2. The maximum Gasteiger partial charge on any atom is 0.325 e. The summed E-state index contributed by atoms with van der Waals surface area (Å²) in [4.78, 5) is 11.0. The van der Waals surface area contributed by atoms with Crippen LogP contribution in [0, 0.1) is 0 Å². The Morgan fingerprint density at radius 3 is 2.69 bits per heavy atom. The minimum Gasteiger partial charge on any atom is -0.480 e. The lowest BCUT2D eigenvalue weighted by Gasteiger charge is -2.14. The zero-order chi connectivity index (χ0) is 12.1. The number of benzene rings is 1. The van der Waals surface area contributed by atoms with E-state index in [1.54, 1.807) is 24.3 Å². The molecule has 5 heteroatoms. The van der Waals surface area contributed by atoms with Gasteiger partial charge < -0.3 is 5.11 Å². The van der Waals surface area contributed by atoms with Crippen molar-refractivity contribution in [3.05, 3.63) is 46.5 Å². The zero-order valence-electron chi connectivity index (χ0n) is 8.41. The van der Waals surface area contributed by atoms with Crippen molar-refractivity contribution in [1.29, 1.82) is 0 Å². The predicted octanol–water partition coefficient (Wildman–Crippen LogP) is 2.89. The molecule has 16 heavy (non-hydrogen) atoms. The molecule has 1 aromatic carbocycles. The normalized spacial score (nSPS) is 12.1. The molecular weight excluding hydrogens is 249 g/mol. The van der Waals surface area contributed by atoms with Crippen molar-refractivity contribution in [3.63, 3.8) is 0 Å². The summed E-state index contributed by atoms with van der Waals surface area (Å²) in [6.07, 6.45) is 1.59. The smallest absolute Gasteiger partial charge is 0.325 e. The summed E-state index contributed by atoms with van der Waals surface area (Å²) in [5, 5.41) is 12.6. The van der Waals surface area contributed by atoms with Crippen LogP contribution < -0.4 is 5.32 Å². The summed E-state index contributed by atoms with van der Waals surface area (Å²) in [6, 6.07) is 3.93. The highest BCUT2D eigenvalue weighted by atomic mass is 35.5. The molecule has 86 valence electrons. The number of carboxylic acid groups (broad SMARTS) is 1. The van der Waals surface area contributed by atoms with E-state index in [1.165, 1.54) is 0 Å². The molecule has 0 aliphatic heterocycles. The van der Waals surface area contributed by atoms with E-state index in [1.807, 2.05) is 0 Å². The molecule has 0 aliphatic rings. The Hall–Kier alpha value is -1.03. The minimum absolute atomic E-state index is 0.339. The van der Waals surface area contributed by atoms with Crippen LogP contribution in [0.5, 0.6) is 0 Å². The molecule has 0 radical (unpaired) electrons. The first-order chi connectivity index (χ1) is 7.56. The number of hydrogen-bond acceptors (Lipinski definition) is 2. The van der Waals surface area contributed by atoms with Crippen molar-refractivity contribution in [3.8, 4) is 0 Å². The Morgan fingerprint density at radius 2 is 2.19 bits per heavy atom. The first kappa shape index (κ1) is 13.0.